The van der Waals surface area contributed by atoms with Gasteiger partial charge in [0.25, 0.3) is 5.91 Å². The molecule has 0 aliphatic rings. The number of halogens is 2. The number of carbonyl (C=O) groups is 1. The molecule has 1 heterocycles. The minimum absolute atomic E-state index is 0.00647. The minimum Gasteiger partial charge on any atom is -0.345 e. The molecule has 0 unspecified atom stereocenters. The van der Waals surface area contributed by atoms with Crippen LogP contribution in [0.2, 0.25) is 0 Å². The van der Waals surface area contributed by atoms with Gasteiger partial charge in [-0.1, -0.05) is 18.2 Å². The Balaban J connectivity index is 1.70. The van der Waals surface area contributed by atoms with E-state index in [0.717, 1.165) is 17.7 Å². The smallest absolute Gasteiger partial charge is 0.312 e. The van der Waals surface area contributed by atoms with Crippen LogP contribution in [0.15, 0.2) is 42.5 Å². The molecule has 1 amide bonds. The number of hydrogen-bond acceptors (Lipinski definition) is 4. The van der Waals surface area contributed by atoms with Gasteiger partial charge in [0.2, 0.25) is 0 Å². The average molecular weight is 414 g/mol. The van der Waals surface area contributed by atoms with Gasteiger partial charge in [0.1, 0.15) is 23.0 Å². The first-order valence-electron chi connectivity index (χ1n) is 9.20. The first-order valence-corrected chi connectivity index (χ1v) is 9.20. The Hall–Kier alpha value is -3.62. The second-order valence-electron chi connectivity index (χ2n) is 6.99. The summed E-state index contributed by atoms with van der Waals surface area (Å²) < 4.78 is 28.5. The topological polar surface area (TPSA) is 90.1 Å². The van der Waals surface area contributed by atoms with Gasteiger partial charge in [-0.15, -0.1) is 0 Å². The summed E-state index contributed by atoms with van der Waals surface area (Å²) in [5.41, 5.74) is 2.16. The third kappa shape index (κ3) is 4.35. The van der Waals surface area contributed by atoms with Crippen LogP contribution in [0.1, 0.15) is 45.8 Å². The second kappa shape index (κ2) is 8.40. The van der Waals surface area contributed by atoms with E-state index in [-0.39, 0.29) is 11.3 Å². The quantitative estimate of drug-likeness (QED) is 0.483. The number of hydrogen-bond donors (Lipinski definition) is 1. The highest BCUT2D eigenvalue weighted by Gasteiger charge is 2.22. The Morgan fingerprint density at radius 3 is 2.43 bits per heavy atom. The van der Waals surface area contributed by atoms with E-state index in [1.165, 1.54) is 6.07 Å². The van der Waals surface area contributed by atoms with Crippen molar-refractivity contribution >= 4 is 11.6 Å². The van der Waals surface area contributed by atoms with Gasteiger partial charge in [0.15, 0.2) is 0 Å². The molecule has 156 valence electrons. The Morgan fingerprint density at radius 2 is 1.87 bits per heavy atom. The molecule has 0 bridgehead atoms. The van der Waals surface area contributed by atoms with E-state index in [9.17, 15) is 23.7 Å². The fourth-order valence-electron chi connectivity index (χ4n) is 3.25. The molecule has 0 aliphatic heterocycles. The van der Waals surface area contributed by atoms with Crippen molar-refractivity contribution in [3.63, 3.8) is 0 Å². The van der Waals surface area contributed by atoms with Gasteiger partial charge < -0.3 is 5.32 Å². The predicted octanol–water partition coefficient (Wildman–Crippen LogP) is 4.23. The molecule has 3 rings (SSSR count). The summed E-state index contributed by atoms with van der Waals surface area (Å²) in [5.74, 6) is -1.81. The number of nitrogens with one attached hydrogen (secondary N) is 1. The Bertz CT molecular complexity index is 1110. The summed E-state index contributed by atoms with van der Waals surface area (Å²) in [4.78, 5) is 23.1. The molecule has 0 aliphatic carbocycles. The summed E-state index contributed by atoms with van der Waals surface area (Å²) in [5, 5.41) is 18.0. The third-order valence-corrected chi connectivity index (χ3v) is 4.85. The zero-order valence-corrected chi connectivity index (χ0v) is 16.6. The number of aryl methyl sites for hydroxylation is 1. The molecule has 3 aromatic rings. The first-order chi connectivity index (χ1) is 14.2. The highest BCUT2D eigenvalue weighted by atomic mass is 19.1. The van der Waals surface area contributed by atoms with Crippen molar-refractivity contribution in [3.8, 4) is 0 Å². The van der Waals surface area contributed by atoms with Crippen LogP contribution in [0.4, 0.5) is 14.5 Å². The van der Waals surface area contributed by atoms with Crippen molar-refractivity contribution in [2.24, 2.45) is 0 Å². The molecular formula is C21H20F2N4O3. The number of carbonyl (C=O) groups excluding carboxylic acids is 1. The van der Waals surface area contributed by atoms with Crippen LogP contribution in [0.5, 0.6) is 0 Å². The number of amides is 1. The van der Waals surface area contributed by atoms with Crippen LogP contribution >= 0.6 is 0 Å². The van der Waals surface area contributed by atoms with E-state index in [0.29, 0.717) is 23.5 Å². The maximum absolute atomic E-state index is 13.9. The molecule has 1 N–H and O–H groups in total. The molecule has 1 aromatic heterocycles. The van der Waals surface area contributed by atoms with Crippen LogP contribution in [0, 0.1) is 35.6 Å². The normalized spacial score (nSPS) is 11.9. The first kappa shape index (κ1) is 21.1. The predicted molar refractivity (Wildman–Crippen MR) is 106 cm³/mol. The number of benzene rings is 2. The summed E-state index contributed by atoms with van der Waals surface area (Å²) in [6, 6.07) is 9.23. The Morgan fingerprint density at radius 1 is 1.20 bits per heavy atom. The molecule has 30 heavy (non-hydrogen) atoms. The van der Waals surface area contributed by atoms with Crippen LogP contribution in [0.25, 0.3) is 0 Å². The zero-order chi connectivity index (χ0) is 22.0. The molecule has 0 radical (unpaired) electrons. The second-order valence-corrected chi connectivity index (χ2v) is 6.99. The van der Waals surface area contributed by atoms with E-state index in [2.05, 4.69) is 10.4 Å². The molecule has 1 atom stereocenters. The Labute approximate surface area is 171 Å². The van der Waals surface area contributed by atoms with Gasteiger partial charge in [0, 0.05) is 17.2 Å². The molecule has 0 fully saturated rings. The highest BCUT2D eigenvalue weighted by molar-refractivity contribution is 5.94. The van der Waals surface area contributed by atoms with Crippen LogP contribution in [-0.4, -0.2) is 20.6 Å². The zero-order valence-electron chi connectivity index (χ0n) is 16.6. The standard InChI is InChI=1S/C21H20F2N4O3/c1-12(18-9-8-17(22)10-19(18)23)24-21(28)16-6-4-15(5-7-16)11-26-14(3)20(27(29)30)13(2)25-26/h4-10,12H,11H2,1-3H3,(H,24,28)/t12-/m0/s1. The van der Waals surface area contributed by atoms with Gasteiger partial charge >= 0.3 is 5.69 Å². The van der Waals surface area contributed by atoms with Gasteiger partial charge in [-0.2, -0.15) is 5.10 Å². The van der Waals surface area contributed by atoms with Crippen molar-refractivity contribution in [3.05, 3.63) is 92.3 Å². The molecular weight excluding hydrogens is 394 g/mol. The van der Waals surface area contributed by atoms with E-state index < -0.39 is 28.5 Å². The monoisotopic (exact) mass is 414 g/mol. The van der Waals surface area contributed by atoms with E-state index >= 15 is 0 Å². The number of aromatic nitrogens is 2. The molecule has 2 aromatic carbocycles. The molecule has 0 spiro atoms. The van der Waals surface area contributed by atoms with Crippen molar-refractivity contribution in [1.82, 2.24) is 15.1 Å². The number of nitrogens with zero attached hydrogens (tertiary/aromatic N) is 3. The van der Waals surface area contributed by atoms with Crippen molar-refractivity contribution in [1.29, 1.82) is 0 Å². The Kier molecular flexibility index (Phi) is 5.91. The van der Waals surface area contributed by atoms with E-state index in [1.54, 1.807) is 49.7 Å². The number of nitro groups is 1. The van der Waals surface area contributed by atoms with Crippen molar-refractivity contribution in [2.45, 2.75) is 33.4 Å². The fraction of sp³-hybridized carbons (Fsp3) is 0.238. The lowest BCUT2D eigenvalue weighted by atomic mass is 10.1. The largest absolute Gasteiger partial charge is 0.345 e. The van der Waals surface area contributed by atoms with E-state index in [1.807, 2.05) is 0 Å². The van der Waals surface area contributed by atoms with Gasteiger partial charge in [0.05, 0.1) is 17.5 Å². The third-order valence-electron chi connectivity index (χ3n) is 4.85. The molecule has 0 saturated carbocycles. The molecule has 0 saturated heterocycles. The lowest BCUT2D eigenvalue weighted by molar-refractivity contribution is -0.386. The van der Waals surface area contributed by atoms with Gasteiger partial charge in [-0.05, 0) is 44.5 Å². The number of rotatable bonds is 6. The summed E-state index contributed by atoms with van der Waals surface area (Å²) in [6.07, 6.45) is 0. The van der Waals surface area contributed by atoms with Gasteiger partial charge in [-0.25, -0.2) is 8.78 Å². The minimum atomic E-state index is -0.725. The van der Waals surface area contributed by atoms with Crippen LogP contribution < -0.4 is 5.32 Å². The van der Waals surface area contributed by atoms with Crippen molar-refractivity contribution in [2.75, 3.05) is 0 Å². The molecule has 7 nitrogen and oxygen atoms in total. The average Bonchev–Trinajstić information content (AvgIpc) is 2.95. The fourth-order valence-corrected chi connectivity index (χ4v) is 3.25. The summed E-state index contributed by atoms with van der Waals surface area (Å²) in [7, 11) is 0. The van der Waals surface area contributed by atoms with Crippen LogP contribution in [-0.2, 0) is 6.54 Å². The summed E-state index contributed by atoms with van der Waals surface area (Å²) >= 11 is 0. The maximum Gasteiger partial charge on any atom is 0.312 e. The molecule has 9 heteroatoms. The van der Waals surface area contributed by atoms with E-state index in [4.69, 9.17) is 0 Å². The SMILES string of the molecule is Cc1nn(Cc2ccc(C(=O)N[C@@H](C)c3ccc(F)cc3F)cc2)c(C)c1[N+](=O)[O-]. The van der Waals surface area contributed by atoms with Gasteiger partial charge in [-0.3, -0.25) is 19.6 Å². The lowest BCUT2D eigenvalue weighted by Crippen LogP contribution is -2.27. The summed E-state index contributed by atoms with van der Waals surface area (Å²) in [6.45, 7) is 5.15. The van der Waals surface area contributed by atoms with Crippen LogP contribution in [0.3, 0.4) is 0 Å². The highest BCUT2D eigenvalue weighted by Crippen LogP contribution is 2.23. The lowest BCUT2D eigenvalue weighted by Gasteiger charge is -2.15. The maximum atomic E-state index is 13.9. The van der Waals surface area contributed by atoms with Crippen molar-refractivity contribution < 1.29 is 18.5 Å².